The molecule has 3 rings (SSSR count). The molecule has 0 bridgehead atoms. The maximum atomic E-state index is 13.3. The summed E-state index contributed by atoms with van der Waals surface area (Å²) >= 11 is 0. The molecule has 148 valence electrons. The minimum absolute atomic E-state index is 0.0944. The highest BCUT2D eigenvalue weighted by atomic mass is 28.4. The molecule has 0 spiro atoms. The number of rotatable bonds is 5. The second-order valence-corrected chi connectivity index (χ2v) is 13.1. The minimum atomic E-state index is -2.84. The third-order valence-electron chi connectivity index (χ3n) is 5.97. The highest BCUT2D eigenvalue weighted by Gasteiger charge is 2.53. The van der Waals surface area contributed by atoms with Crippen molar-refractivity contribution in [2.45, 2.75) is 51.5 Å². The molecule has 28 heavy (non-hydrogen) atoms. The summed E-state index contributed by atoms with van der Waals surface area (Å²) < 4.78 is 6.59. The van der Waals surface area contributed by atoms with E-state index >= 15 is 0 Å². The number of carbonyl (C=O) groups is 2. The summed E-state index contributed by atoms with van der Waals surface area (Å²) in [7, 11) is -2.84. The van der Waals surface area contributed by atoms with Crippen LogP contribution in [0.25, 0.3) is 0 Å². The van der Waals surface area contributed by atoms with Crippen molar-refractivity contribution in [2.75, 3.05) is 0 Å². The fraction of sp³-hybridized carbons (Fsp3) is 0.417. The van der Waals surface area contributed by atoms with E-state index < -0.39 is 8.32 Å². The van der Waals surface area contributed by atoms with E-state index in [1.54, 1.807) is 0 Å². The maximum Gasteiger partial charge on any atom is 0.323 e. The zero-order valence-corrected chi connectivity index (χ0v) is 18.1. The van der Waals surface area contributed by atoms with E-state index in [2.05, 4.69) is 45.0 Å². The number of hydrogen-bond donors (Lipinski definition) is 0. The SMILES string of the molecule is CC(C)(C)[Si](OC(=O)[C@H]1CC[C@H](C=O)CC1)(c1ccccc1)c1ccccc1. The van der Waals surface area contributed by atoms with Crippen molar-refractivity contribution in [1.82, 2.24) is 0 Å². The van der Waals surface area contributed by atoms with Gasteiger partial charge in [-0.3, -0.25) is 4.79 Å². The Bertz CT molecular complexity index is 748. The Morgan fingerprint density at radius 3 is 1.75 bits per heavy atom. The smallest absolute Gasteiger partial charge is 0.323 e. The summed E-state index contributed by atoms with van der Waals surface area (Å²) in [4.78, 5) is 24.4. The lowest BCUT2D eigenvalue weighted by Gasteiger charge is -2.43. The fourth-order valence-electron chi connectivity index (χ4n) is 4.37. The van der Waals surface area contributed by atoms with Crippen LogP contribution in [-0.4, -0.2) is 20.6 Å². The molecule has 0 unspecified atom stereocenters. The first-order valence-electron chi connectivity index (χ1n) is 10.2. The van der Waals surface area contributed by atoms with Crippen molar-refractivity contribution in [3.05, 3.63) is 60.7 Å². The highest BCUT2D eigenvalue weighted by Crippen LogP contribution is 2.38. The van der Waals surface area contributed by atoms with Crippen molar-refractivity contribution >= 4 is 30.9 Å². The van der Waals surface area contributed by atoms with E-state index in [1.165, 1.54) is 0 Å². The topological polar surface area (TPSA) is 43.4 Å². The van der Waals surface area contributed by atoms with Gasteiger partial charge in [0.1, 0.15) is 6.29 Å². The molecule has 1 saturated carbocycles. The first kappa shape index (κ1) is 20.5. The largest absolute Gasteiger partial charge is 0.509 e. The Balaban J connectivity index is 2.01. The molecule has 0 atom stereocenters. The van der Waals surface area contributed by atoms with Gasteiger partial charge in [-0.25, -0.2) is 0 Å². The molecule has 0 saturated heterocycles. The van der Waals surface area contributed by atoms with Crippen LogP contribution in [0, 0.1) is 11.8 Å². The van der Waals surface area contributed by atoms with Crippen LogP contribution in [0.3, 0.4) is 0 Å². The maximum absolute atomic E-state index is 13.3. The Kier molecular flexibility index (Phi) is 6.19. The summed E-state index contributed by atoms with van der Waals surface area (Å²) in [6.45, 7) is 6.53. The Labute approximate surface area is 169 Å². The van der Waals surface area contributed by atoms with Crippen LogP contribution in [0.5, 0.6) is 0 Å². The average Bonchev–Trinajstić information content (AvgIpc) is 2.72. The molecule has 1 fully saturated rings. The normalized spacial score (nSPS) is 20.4. The zero-order chi connectivity index (χ0) is 20.2. The molecule has 0 N–H and O–H groups in total. The van der Waals surface area contributed by atoms with E-state index in [9.17, 15) is 9.59 Å². The third-order valence-corrected chi connectivity index (χ3v) is 10.9. The van der Waals surface area contributed by atoms with Gasteiger partial charge in [0, 0.05) is 5.92 Å². The molecule has 2 aromatic carbocycles. The lowest BCUT2D eigenvalue weighted by atomic mass is 9.83. The lowest BCUT2D eigenvalue weighted by Crippen LogP contribution is -2.67. The number of carbonyl (C=O) groups excluding carboxylic acids is 2. The predicted octanol–water partition coefficient (Wildman–Crippen LogP) is 4.09. The molecular formula is C24H30O3Si. The molecule has 0 heterocycles. The quantitative estimate of drug-likeness (QED) is 0.567. The summed E-state index contributed by atoms with van der Waals surface area (Å²) in [5.41, 5.74) is 0. The van der Waals surface area contributed by atoms with Gasteiger partial charge in [0.05, 0.1) is 5.92 Å². The predicted molar refractivity (Wildman–Crippen MR) is 115 cm³/mol. The van der Waals surface area contributed by atoms with E-state index in [1.807, 2.05) is 36.4 Å². The Morgan fingerprint density at radius 1 is 0.893 bits per heavy atom. The van der Waals surface area contributed by atoms with Gasteiger partial charge in [-0.2, -0.15) is 0 Å². The van der Waals surface area contributed by atoms with E-state index in [0.29, 0.717) is 0 Å². The third kappa shape index (κ3) is 3.97. The van der Waals surface area contributed by atoms with Gasteiger partial charge >= 0.3 is 8.32 Å². The van der Waals surface area contributed by atoms with Gasteiger partial charge in [0.2, 0.25) is 0 Å². The van der Waals surface area contributed by atoms with Gasteiger partial charge in [-0.15, -0.1) is 0 Å². The average molecular weight is 395 g/mol. The van der Waals surface area contributed by atoms with Gasteiger partial charge in [0.15, 0.2) is 0 Å². The van der Waals surface area contributed by atoms with Crippen molar-refractivity contribution < 1.29 is 14.0 Å². The highest BCUT2D eigenvalue weighted by molar-refractivity contribution is 7.00. The summed E-state index contributed by atoms with van der Waals surface area (Å²) in [5, 5.41) is 2.01. The second kappa shape index (κ2) is 8.44. The Morgan fingerprint density at radius 2 is 1.36 bits per heavy atom. The van der Waals surface area contributed by atoms with Crippen LogP contribution in [0.4, 0.5) is 0 Å². The zero-order valence-electron chi connectivity index (χ0n) is 17.1. The molecule has 4 heteroatoms. The second-order valence-electron chi connectivity index (χ2n) is 8.83. The monoisotopic (exact) mass is 394 g/mol. The van der Waals surface area contributed by atoms with Gasteiger partial charge in [-0.1, -0.05) is 81.4 Å². The molecule has 0 aliphatic heterocycles. The lowest BCUT2D eigenvalue weighted by molar-refractivity contribution is -0.141. The molecule has 3 nitrogen and oxygen atoms in total. The molecule has 1 aliphatic rings. The number of benzene rings is 2. The van der Waals surface area contributed by atoms with E-state index in [-0.39, 0.29) is 22.8 Å². The van der Waals surface area contributed by atoms with Crippen LogP contribution >= 0.6 is 0 Å². The van der Waals surface area contributed by atoms with E-state index in [0.717, 1.165) is 42.3 Å². The van der Waals surface area contributed by atoms with Crippen LogP contribution in [0.15, 0.2) is 60.7 Å². The summed E-state index contributed by atoms with van der Waals surface area (Å²) in [6.07, 6.45) is 4.07. The minimum Gasteiger partial charge on any atom is -0.509 e. The van der Waals surface area contributed by atoms with Crippen LogP contribution in [0.2, 0.25) is 5.04 Å². The Hall–Kier alpha value is -2.20. The van der Waals surface area contributed by atoms with Crippen LogP contribution in [-0.2, 0) is 14.0 Å². The molecule has 0 radical (unpaired) electrons. The fourth-order valence-corrected chi connectivity index (χ4v) is 8.77. The van der Waals surface area contributed by atoms with Crippen molar-refractivity contribution in [3.63, 3.8) is 0 Å². The molecule has 2 aromatic rings. The molecule has 0 aromatic heterocycles. The van der Waals surface area contributed by atoms with Crippen LogP contribution in [0.1, 0.15) is 46.5 Å². The van der Waals surface area contributed by atoms with Crippen molar-refractivity contribution in [2.24, 2.45) is 11.8 Å². The summed E-state index contributed by atoms with van der Waals surface area (Å²) in [5.74, 6) is -0.117. The van der Waals surface area contributed by atoms with Gasteiger partial charge < -0.3 is 9.22 Å². The first-order chi connectivity index (χ1) is 13.4. The standard InChI is InChI=1S/C24H30O3Si/c1-24(2,3)28(21-10-6-4-7-11-21,22-12-8-5-9-13-22)27-23(26)20-16-14-19(18-25)15-17-20/h4-13,18-20H,14-17H2,1-3H3/t19-,20-. The van der Waals surface area contributed by atoms with Crippen LogP contribution < -0.4 is 10.4 Å². The first-order valence-corrected chi connectivity index (χ1v) is 12.1. The van der Waals surface area contributed by atoms with E-state index in [4.69, 9.17) is 4.43 Å². The number of hydrogen-bond acceptors (Lipinski definition) is 3. The number of aldehydes is 1. The van der Waals surface area contributed by atoms with Gasteiger partial charge in [-0.05, 0) is 41.1 Å². The van der Waals surface area contributed by atoms with Crippen molar-refractivity contribution in [3.8, 4) is 0 Å². The molecule has 1 aliphatic carbocycles. The molecular weight excluding hydrogens is 364 g/mol. The molecule has 0 amide bonds. The summed E-state index contributed by atoms with van der Waals surface area (Å²) in [6, 6.07) is 20.5. The van der Waals surface area contributed by atoms with Crippen molar-refractivity contribution in [1.29, 1.82) is 0 Å². The van der Waals surface area contributed by atoms with Gasteiger partial charge in [0.25, 0.3) is 5.97 Å².